The van der Waals surface area contributed by atoms with Crippen LogP contribution in [0.2, 0.25) is 0 Å². The van der Waals surface area contributed by atoms with Gasteiger partial charge in [0.2, 0.25) is 17.7 Å². The number of aryl methyl sites for hydroxylation is 1. The van der Waals surface area contributed by atoms with Gasteiger partial charge >= 0.3 is 5.97 Å². The van der Waals surface area contributed by atoms with Crippen molar-refractivity contribution >= 4 is 41.3 Å². The Labute approximate surface area is 418 Å². The Morgan fingerprint density at radius 2 is 1.28 bits per heavy atom. The number of nitrogens with one attached hydrogen (secondary N) is 5. The van der Waals surface area contributed by atoms with Gasteiger partial charge in [0.05, 0.1) is 43.9 Å². The second-order valence-electron chi connectivity index (χ2n) is 20.2. The molecule has 5 rings (SSSR count). The van der Waals surface area contributed by atoms with E-state index in [1.54, 1.807) is 39.0 Å². The lowest BCUT2D eigenvalue weighted by Crippen LogP contribution is -2.61. The fourth-order valence-corrected chi connectivity index (χ4v) is 8.55. The Kier molecular flexibility index (Phi) is 20.5. The fraction of sp³-hybridized carbons (Fsp3) is 0.509. The van der Waals surface area contributed by atoms with Crippen LogP contribution in [0.4, 0.5) is 0 Å². The molecule has 0 bridgehead atoms. The van der Waals surface area contributed by atoms with Gasteiger partial charge in [-0.15, -0.1) is 6.42 Å². The van der Waals surface area contributed by atoms with E-state index in [4.69, 9.17) is 20.6 Å². The predicted molar refractivity (Wildman–Crippen MR) is 268 cm³/mol. The van der Waals surface area contributed by atoms with E-state index in [-0.39, 0.29) is 72.4 Å². The molecule has 5 atom stereocenters. The molecule has 2 aliphatic heterocycles. The molecule has 0 radical (unpaired) electrons. The summed E-state index contributed by atoms with van der Waals surface area (Å²) in [5.74, 6) is -1.32. The first-order chi connectivity index (χ1) is 33.8. The first-order valence-electron chi connectivity index (χ1n) is 24.8. The quantitative estimate of drug-likeness (QED) is 0.0254. The van der Waals surface area contributed by atoms with Crippen LogP contribution < -0.4 is 31.3 Å². The third-order valence-electron chi connectivity index (χ3n) is 12.6. The molecule has 0 unspecified atom stereocenters. The Morgan fingerprint density at radius 3 is 1.87 bits per heavy atom. The highest BCUT2D eigenvalue weighted by Crippen LogP contribution is 2.30. The monoisotopic (exact) mass is 978 g/mol. The number of esters is 1. The number of nitrogens with zero attached hydrogens (tertiary/aromatic N) is 1. The van der Waals surface area contributed by atoms with E-state index < -0.39 is 71.2 Å². The number of ether oxygens (including phenoxy) is 3. The minimum atomic E-state index is -1.10. The zero-order valence-corrected chi connectivity index (χ0v) is 42.3. The van der Waals surface area contributed by atoms with E-state index in [1.165, 1.54) is 0 Å². The molecule has 0 saturated carbocycles. The number of hydrogen-bond acceptors (Lipinski definition) is 10. The smallest absolute Gasteiger partial charge is 0.313 e. The second kappa shape index (κ2) is 26.2. The van der Waals surface area contributed by atoms with Crippen LogP contribution >= 0.6 is 0 Å². The summed E-state index contributed by atoms with van der Waals surface area (Å²) in [4.78, 5) is 97.0. The SMILES string of the molecule is C#CCNC(=O)c1cc(C[N+]2(CC(=O)N[C@@H](CCc3ccccc3)C(=O)N[C@@H](CC(C)C)C(=O)N[C@@H](Cc3ccccc3)C(=O)N[C@@H](CC(C)C)C(=O)[C@@]3(C)CO3)CCOCC2)ccc1OC(=O)C(C)C. The minimum absolute atomic E-state index is 0.0375. The molecule has 3 aromatic rings. The maximum absolute atomic E-state index is 14.6. The molecule has 2 fully saturated rings. The van der Waals surface area contributed by atoms with Crippen molar-refractivity contribution in [3.8, 4) is 18.1 Å². The number of benzene rings is 3. The molecule has 5 N–H and O–H groups in total. The number of epoxide rings is 1. The standard InChI is InChI=1S/C55H72N6O10/c1-9-24-56-50(64)42-31-41(21-23-47(42)71-54(68)38(6)7)33-61(25-27-69-28-26-61)34-48(62)57-43(22-20-39-16-12-10-13-17-39)51(65)59-45(30-37(4)5)52(66)60-46(32-40-18-14-11-15-19-40)53(67)58-44(29-36(2)3)49(63)55(8)35-70-55/h1,10-19,21,23,31,36-38,43-46H,20,22,24-30,32-35H2,2-8H3,(H4-,56,57,58,59,60,62,64,65,66,67)/p+1/t43-,44-,45-,46-,55+/m0/s1. The van der Waals surface area contributed by atoms with Crippen LogP contribution in [0.15, 0.2) is 78.9 Å². The number of carbonyl (C=O) groups excluding carboxylic acids is 7. The molecule has 16 nitrogen and oxygen atoms in total. The largest absolute Gasteiger partial charge is 0.425 e. The van der Waals surface area contributed by atoms with Crippen LogP contribution in [-0.4, -0.2) is 122 Å². The third-order valence-corrected chi connectivity index (χ3v) is 12.6. The molecule has 71 heavy (non-hydrogen) atoms. The van der Waals surface area contributed by atoms with Crippen molar-refractivity contribution in [3.05, 3.63) is 101 Å². The molecule has 2 heterocycles. The fourth-order valence-electron chi connectivity index (χ4n) is 8.55. The van der Waals surface area contributed by atoms with Gasteiger partial charge in [-0.05, 0) is 73.8 Å². The topological polar surface area (TPSA) is 211 Å². The zero-order valence-electron chi connectivity index (χ0n) is 42.3. The average molecular weight is 978 g/mol. The van der Waals surface area contributed by atoms with Crippen molar-refractivity contribution in [2.24, 2.45) is 17.8 Å². The predicted octanol–water partition coefficient (Wildman–Crippen LogP) is 4.22. The van der Waals surface area contributed by atoms with Crippen LogP contribution in [0.5, 0.6) is 5.75 Å². The van der Waals surface area contributed by atoms with Gasteiger partial charge in [-0.1, -0.05) is 108 Å². The van der Waals surface area contributed by atoms with Crippen molar-refractivity contribution in [1.29, 1.82) is 0 Å². The van der Waals surface area contributed by atoms with Gasteiger partial charge in [-0.2, -0.15) is 0 Å². The summed E-state index contributed by atoms with van der Waals surface area (Å²) in [5.41, 5.74) is 1.57. The molecule has 382 valence electrons. The number of ketones is 1. The van der Waals surface area contributed by atoms with Gasteiger partial charge in [-0.25, -0.2) is 0 Å². The van der Waals surface area contributed by atoms with E-state index in [1.807, 2.05) is 88.4 Å². The number of terminal acetylenes is 1. The summed E-state index contributed by atoms with van der Waals surface area (Å²) in [6.45, 7) is 15.0. The molecular formula is C55H73N6O10+. The minimum Gasteiger partial charge on any atom is -0.425 e. The molecule has 2 aliphatic rings. The number of morpholine rings is 1. The average Bonchev–Trinajstić information content (AvgIpc) is 4.09. The van der Waals surface area contributed by atoms with E-state index in [9.17, 15) is 33.6 Å². The summed E-state index contributed by atoms with van der Waals surface area (Å²) in [7, 11) is 0. The number of rotatable bonds is 26. The Bertz CT molecular complexity index is 2350. The van der Waals surface area contributed by atoms with Gasteiger partial charge in [0, 0.05) is 12.0 Å². The number of quaternary nitrogens is 1. The van der Waals surface area contributed by atoms with Crippen LogP contribution in [-0.2, 0) is 57.6 Å². The summed E-state index contributed by atoms with van der Waals surface area (Å²) in [6.07, 6.45) is 6.78. The lowest BCUT2D eigenvalue weighted by Gasteiger charge is -2.41. The number of Topliss-reactive ketones (excluding diaryl/α,β-unsaturated/α-hetero) is 1. The Hall–Kier alpha value is -6.41. The van der Waals surface area contributed by atoms with Crippen LogP contribution in [0.25, 0.3) is 0 Å². The highest BCUT2D eigenvalue weighted by Gasteiger charge is 2.50. The zero-order chi connectivity index (χ0) is 51.7. The molecule has 3 aromatic carbocycles. The van der Waals surface area contributed by atoms with E-state index >= 15 is 0 Å². The van der Waals surface area contributed by atoms with Crippen molar-refractivity contribution in [2.75, 3.05) is 46.0 Å². The van der Waals surface area contributed by atoms with Gasteiger partial charge in [-0.3, -0.25) is 33.6 Å². The number of hydrogen-bond donors (Lipinski definition) is 5. The summed E-state index contributed by atoms with van der Waals surface area (Å²) >= 11 is 0. The van der Waals surface area contributed by atoms with Gasteiger partial charge in [0.25, 0.3) is 11.8 Å². The maximum Gasteiger partial charge on any atom is 0.313 e. The first-order valence-corrected chi connectivity index (χ1v) is 24.8. The highest BCUT2D eigenvalue weighted by molar-refractivity contribution is 5.99. The molecule has 2 saturated heterocycles. The number of amides is 5. The van der Waals surface area contributed by atoms with Gasteiger partial charge in [0.1, 0.15) is 49.1 Å². The van der Waals surface area contributed by atoms with E-state index in [0.29, 0.717) is 51.3 Å². The van der Waals surface area contributed by atoms with Gasteiger partial charge < -0.3 is 45.3 Å². The van der Waals surface area contributed by atoms with Crippen LogP contribution in [0.3, 0.4) is 0 Å². The van der Waals surface area contributed by atoms with E-state index in [2.05, 4.69) is 32.5 Å². The van der Waals surface area contributed by atoms with E-state index in [0.717, 1.165) is 11.1 Å². The first kappa shape index (κ1) is 55.5. The molecule has 0 aromatic heterocycles. The normalized spacial score (nSPS) is 17.7. The summed E-state index contributed by atoms with van der Waals surface area (Å²) in [6, 6.07) is 19.6. The van der Waals surface area contributed by atoms with Crippen molar-refractivity contribution in [2.45, 2.75) is 117 Å². The Balaban J connectivity index is 1.38. The Morgan fingerprint density at radius 1 is 0.718 bits per heavy atom. The summed E-state index contributed by atoms with van der Waals surface area (Å²) in [5, 5.41) is 14.4. The molecule has 16 heteroatoms. The lowest BCUT2D eigenvalue weighted by atomic mass is 9.93. The summed E-state index contributed by atoms with van der Waals surface area (Å²) < 4.78 is 17.0. The lowest BCUT2D eigenvalue weighted by molar-refractivity contribution is -0.940. The molecule has 5 amide bonds. The third kappa shape index (κ3) is 17.2. The van der Waals surface area contributed by atoms with Crippen LogP contribution in [0.1, 0.15) is 94.8 Å². The van der Waals surface area contributed by atoms with Crippen molar-refractivity contribution in [1.82, 2.24) is 26.6 Å². The van der Waals surface area contributed by atoms with Crippen LogP contribution in [0, 0.1) is 30.1 Å². The molecular weight excluding hydrogens is 905 g/mol. The van der Waals surface area contributed by atoms with Crippen molar-refractivity contribution < 1.29 is 52.3 Å². The molecule has 0 aliphatic carbocycles. The molecule has 0 spiro atoms. The van der Waals surface area contributed by atoms with Crippen molar-refractivity contribution in [3.63, 3.8) is 0 Å². The van der Waals surface area contributed by atoms with Gasteiger partial charge in [0.15, 0.2) is 12.3 Å². The maximum atomic E-state index is 14.6. The second-order valence-corrected chi connectivity index (χ2v) is 20.2. The highest BCUT2D eigenvalue weighted by atomic mass is 16.6. The number of carbonyl (C=O) groups is 7.